The molecular weight excluding hydrogens is 224 g/mol. The number of methoxy groups -OCH3 is 1. The van der Waals surface area contributed by atoms with E-state index < -0.39 is 12.0 Å². The highest BCUT2D eigenvalue weighted by molar-refractivity contribution is 5.84. The van der Waals surface area contributed by atoms with Crippen LogP contribution < -0.4 is 5.73 Å². The minimum atomic E-state index is -0.931. The van der Waals surface area contributed by atoms with E-state index in [0.29, 0.717) is 13.0 Å². The zero-order valence-electron chi connectivity index (χ0n) is 10.1. The van der Waals surface area contributed by atoms with Gasteiger partial charge >= 0.3 is 5.97 Å². The molecule has 1 rings (SSSR count). The maximum Gasteiger partial charge on any atom is 0.326 e. The van der Waals surface area contributed by atoms with Crippen molar-refractivity contribution in [3.8, 4) is 0 Å². The van der Waals surface area contributed by atoms with Crippen LogP contribution in [-0.2, 0) is 14.3 Å². The van der Waals surface area contributed by atoms with Crippen molar-refractivity contribution in [1.29, 1.82) is 0 Å². The van der Waals surface area contributed by atoms with E-state index in [4.69, 9.17) is 15.6 Å². The number of hydrogen-bond donors (Lipinski definition) is 2. The molecule has 0 spiro atoms. The number of carbonyl (C=O) groups is 2. The first-order chi connectivity index (χ1) is 8.10. The lowest BCUT2D eigenvalue weighted by Crippen LogP contribution is -2.49. The van der Waals surface area contributed by atoms with Gasteiger partial charge in [-0.05, 0) is 19.3 Å². The number of carboxylic acid groups (broad SMARTS) is 1. The molecule has 3 N–H and O–H groups in total. The Bertz CT molecular complexity index is 279. The summed E-state index contributed by atoms with van der Waals surface area (Å²) >= 11 is 0. The molecule has 0 aliphatic carbocycles. The second-order valence-electron chi connectivity index (χ2n) is 4.23. The van der Waals surface area contributed by atoms with Crippen molar-refractivity contribution in [1.82, 2.24) is 4.90 Å². The van der Waals surface area contributed by atoms with Crippen molar-refractivity contribution < 1.29 is 19.4 Å². The third-order valence-electron chi connectivity index (χ3n) is 3.11. The highest BCUT2D eigenvalue weighted by Crippen LogP contribution is 2.18. The van der Waals surface area contributed by atoms with Crippen LogP contribution in [0.5, 0.6) is 0 Å². The fourth-order valence-electron chi connectivity index (χ4n) is 2.06. The Balaban J connectivity index is 2.61. The van der Waals surface area contributed by atoms with Gasteiger partial charge in [-0.2, -0.15) is 0 Å². The molecule has 0 aromatic heterocycles. The summed E-state index contributed by atoms with van der Waals surface area (Å²) in [7, 11) is 1.50. The minimum absolute atomic E-state index is 0.150. The molecule has 98 valence electrons. The van der Waals surface area contributed by atoms with Crippen molar-refractivity contribution in [2.45, 2.75) is 37.8 Å². The maximum atomic E-state index is 12.0. The lowest BCUT2D eigenvalue weighted by atomic mass is 10.0. The molecule has 1 heterocycles. The lowest BCUT2D eigenvalue weighted by molar-refractivity contribution is -0.153. The van der Waals surface area contributed by atoms with E-state index in [1.807, 2.05) is 0 Å². The molecule has 1 aliphatic rings. The van der Waals surface area contributed by atoms with E-state index in [9.17, 15) is 9.59 Å². The monoisotopic (exact) mass is 244 g/mol. The Morgan fingerprint density at radius 3 is 2.76 bits per heavy atom. The number of aliphatic carboxylic acids is 1. The van der Waals surface area contributed by atoms with Crippen LogP contribution in [0, 0.1) is 0 Å². The van der Waals surface area contributed by atoms with Crippen LogP contribution in [0.1, 0.15) is 25.7 Å². The summed E-state index contributed by atoms with van der Waals surface area (Å²) in [6.45, 7) is 0.768. The predicted octanol–water partition coefficient (Wildman–Crippen LogP) is -0.184. The number of rotatable bonds is 5. The smallest absolute Gasteiger partial charge is 0.326 e. The van der Waals surface area contributed by atoms with Crippen LogP contribution in [0.2, 0.25) is 0 Å². The number of ether oxygens (including phenoxy) is 1. The Morgan fingerprint density at radius 2 is 2.24 bits per heavy atom. The minimum Gasteiger partial charge on any atom is -0.480 e. The van der Waals surface area contributed by atoms with Gasteiger partial charge in [-0.25, -0.2) is 4.79 Å². The van der Waals surface area contributed by atoms with Gasteiger partial charge in [-0.1, -0.05) is 0 Å². The van der Waals surface area contributed by atoms with Crippen LogP contribution in [0.25, 0.3) is 0 Å². The normalized spacial score (nSPS) is 22.2. The summed E-state index contributed by atoms with van der Waals surface area (Å²) in [5.41, 5.74) is 5.44. The summed E-state index contributed by atoms with van der Waals surface area (Å²) in [5.74, 6) is -1.12. The second-order valence-corrected chi connectivity index (χ2v) is 4.23. The maximum absolute atomic E-state index is 12.0. The molecule has 0 aromatic carbocycles. The van der Waals surface area contributed by atoms with E-state index >= 15 is 0 Å². The highest BCUT2D eigenvalue weighted by Gasteiger charge is 2.32. The van der Waals surface area contributed by atoms with E-state index in [1.165, 1.54) is 12.0 Å². The molecule has 0 bridgehead atoms. The average Bonchev–Trinajstić information content (AvgIpc) is 2.35. The van der Waals surface area contributed by atoms with Gasteiger partial charge in [0.15, 0.2) is 0 Å². The Morgan fingerprint density at radius 1 is 1.53 bits per heavy atom. The SMILES string of the molecule is COC(CN)CC(=O)N1CCCC[C@@H]1C(=O)O. The van der Waals surface area contributed by atoms with Crippen LogP contribution in [0.3, 0.4) is 0 Å². The van der Waals surface area contributed by atoms with Crippen molar-refractivity contribution in [2.75, 3.05) is 20.2 Å². The number of piperidine rings is 1. The number of carbonyl (C=O) groups excluding carboxylic acids is 1. The largest absolute Gasteiger partial charge is 0.480 e. The van der Waals surface area contributed by atoms with Crippen LogP contribution in [0.4, 0.5) is 0 Å². The number of hydrogen-bond acceptors (Lipinski definition) is 4. The van der Waals surface area contributed by atoms with Crippen molar-refractivity contribution in [2.24, 2.45) is 5.73 Å². The van der Waals surface area contributed by atoms with Gasteiger partial charge in [0.25, 0.3) is 0 Å². The number of likely N-dealkylation sites (tertiary alicyclic amines) is 1. The number of nitrogens with two attached hydrogens (primary N) is 1. The van der Waals surface area contributed by atoms with Crippen molar-refractivity contribution >= 4 is 11.9 Å². The van der Waals surface area contributed by atoms with Gasteiger partial charge in [0.05, 0.1) is 12.5 Å². The average molecular weight is 244 g/mol. The van der Waals surface area contributed by atoms with Crippen LogP contribution >= 0.6 is 0 Å². The standard InChI is InChI=1S/C11H20N2O4/c1-17-8(7-12)6-10(14)13-5-3-2-4-9(13)11(15)16/h8-9H,2-7,12H2,1H3,(H,15,16)/t8?,9-/m1/s1. The molecule has 1 aliphatic heterocycles. The zero-order valence-corrected chi connectivity index (χ0v) is 10.1. The summed E-state index contributed by atoms with van der Waals surface area (Å²) in [6.07, 6.45) is 2.05. The molecule has 0 saturated carbocycles. The zero-order chi connectivity index (χ0) is 12.8. The quantitative estimate of drug-likeness (QED) is 0.699. The van der Waals surface area contributed by atoms with Gasteiger partial charge in [0.1, 0.15) is 6.04 Å². The van der Waals surface area contributed by atoms with E-state index in [0.717, 1.165) is 12.8 Å². The molecule has 6 heteroatoms. The molecule has 17 heavy (non-hydrogen) atoms. The van der Waals surface area contributed by atoms with Crippen molar-refractivity contribution in [3.63, 3.8) is 0 Å². The summed E-state index contributed by atoms with van der Waals surface area (Å²) in [5, 5.41) is 9.06. The molecule has 1 amide bonds. The van der Waals surface area contributed by atoms with Gasteiger partial charge < -0.3 is 20.5 Å². The fourth-order valence-corrected chi connectivity index (χ4v) is 2.06. The lowest BCUT2D eigenvalue weighted by Gasteiger charge is -2.33. The highest BCUT2D eigenvalue weighted by atomic mass is 16.5. The topological polar surface area (TPSA) is 92.9 Å². The van der Waals surface area contributed by atoms with Crippen LogP contribution in [0.15, 0.2) is 0 Å². The Labute approximate surface area is 101 Å². The van der Waals surface area contributed by atoms with Gasteiger partial charge in [0, 0.05) is 20.2 Å². The second kappa shape index (κ2) is 6.56. The first-order valence-corrected chi connectivity index (χ1v) is 5.85. The predicted molar refractivity (Wildman–Crippen MR) is 61.5 cm³/mol. The summed E-state index contributed by atoms with van der Waals surface area (Å²) < 4.78 is 5.04. The first kappa shape index (κ1) is 13.9. The molecule has 1 saturated heterocycles. The van der Waals surface area contributed by atoms with Gasteiger partial charge in [-0.3, -0.25) is 4.79 Å². The van der Waals surface area contributed by atoms with Crippen LogP contribution in [-0.4, -0.2) is 54.2 Å². The number of nitrogens with zero attached hydrogens (tertiary/aromatic N) is 1. The molecule has 0 aromatic rings. The number of carboxylic acids is 1. The molecule has 0 radical (unpaired) electrons. The molecular formula is C11H20N2O4. The fraction of sp³-hybridized carbons (Fsp3) is 0.818. The Hall–Kier alpha value is -1.14. The molecule has 1 fully saturated rings. The first-order valence-electron chi connectivity index (χ1n) is 5.85. The van der Waals surface area contributed by atoms with E-state index in [1.54, 1.807) is 0 Å². The number of amides is 1. The molecule has 6 nitrogen and oxygen atoms in total. The molecule has 1 unspecified atom stereocenters. The van der Waals surface area contributed by atoms with E-state index in [-0.39, 0.29) is 25.0 Å². The summed E-state index contributed by atoms with van der Waals surface area (Å²) in [6, 6.07) is -0.688. The van der Waals surface area contributed by atoms with Gasteiger partial charge in [0.2, 0.25) is 5.91 Å². The van der Waals surface area contributed by atoms with E-state index in [2.05, 4.69) is 0 Å². The summed E-state index contributed by atoms with van der Waals surface area (Å²) in [4.78, 5) is 24.5. The third kappa shape index (κ3) is 3.67. The Kier molecular flexibility index (Phi) is 5.37. The van der Waals surface area contributed by atoms with Crippen molar-refractivity contribution in [3.05, 3.63) is 0 Å². The third-order valence-corrected chi connectivity index (χ3v) is 3.11. The molecule has 2 atom stereocenters. The van der Waals surface area contributed by atoms with Gasteiger partial charge in [-0.15, -0.1) is 0 Å².